The summed E-state index contributed by atoms with van der Waals surface area (Å²) in [6.45, 7) is 2.79. The first-order valence-electron chi connectivity index (χ1n) is 5.69. The second kappa shape index (κ2) is 3.89. The summed E-state index contributed by atoms with van der Waals surface area (Å²) in [4.78, 5) is 7.83. The van der Waals surface area contributed by atoms with Crippen LogP contribution in [0.5, 0.6) is 0 Å². The summed E-state index contributed by atoms with van der Waals surface area (Å²) in [5, 5.41) is 0.626. The molecule has 1 saturated heterocycles. The van der Waals surface area contributed by atoms with Crippen LogP contribution in [0.1, 0.15) is 25.1 Å². The number of nitrogens with two attached hydrogens (primary N) is 1. The van der Waals surface area contributed by atoms with Crippen LogP contribution in [-0.4, -0.2) is 22.7 Å². The molecule has 4 nitrogen and oxygen atoms in total. The number of nitrogens with zero attached hydrogens (tertiary/aromatic N) is 1. The van der Waals surface area contributed by atoms with Crippen molar-refractivity contribution in [3.63, 3.8) is 0 Å². The van der Waals surface area contributed by atoms with Gasteiger partial charge in [-0.15, -0.1) is 0 Å². The summed E-state index contributed by atoms with van der Waals surface area (Å²) in [7, 11) is 0. The Morgan fingerprint density at radius 2 is 2.35 bits per heavy atom. The lowest BCUT2D eigenvalue weighted by Gasteiger charge is -2.01. The van der Waals surface area contributed by atoms with Gasteiger partial charge in [0.15, 0.2) is 0 Å². The molecule has 0 spiro atoms. The Labute approximate surface area is 104 Å². The highest BCUT2D eigenvalue weighted by Crippen LogP contribution is 2.31. The number of imidazole rings is 1. The number of aromatic amines is 1. The van der Waals surface area contributed by atoms with Crippen molar-refractivity contribution in [2.45, 2.75) is 25.4 Å². The Morgan fingerprint density at radius 1 is 1.53 bits per heavy atom. The zero-order valence-corrected chi connectivity index (χ0v) is 10.3. The van der Waals surface area contributed by atoms with Gasteiger partial charge in [0.25, 0.3) is 0 Å². The molecule has 0 radical (unpaired) electrons. The number of halogens is 1. The van der Waals surface area contributed by atoms with Crippen molar-refractivity contribution >= 4 is 28.3 Å². The van der Waals surface area contributed by atoms with E-state index >= 15 is 0 Å². The summed E-state index contributed by atoms with van der Waals surface area (Å²) in [6.07, 6.45) is 1.29. The van der Waals surface area contributed by atoms with E-state index in [9.17, 15) is 0 Å². The molecular weight excluding hydrogens is 238 g/mol. The van der Waals surface area contributed by atoms with Crippen LogP contribution in [0.25, 0.3) is 11.0 Å². The van der Waals surface area contributed by atoms with Crippen molar-refractivity contribution in [3.05, 3.63) is 23.0 Å². The normalized spacial score (nSPS) is 24.6. The van der Waals surface area contributed by atoms with Gasteiger partial charge in [-0.1, -0.05) is 11.6 Å². The topological polar surface area (TPSA) is 63.9 Å². The van der Waals surface area contributed by atoms with Crippen LogP contribution in [0, 0.1) is 0 Å². The monoisotopic (exact) mass is 251 g/mol. The molecule has 5 heteroatoms. The van der Waals surface area contributed by atoms with Crippen molar-refractivity contribution in [1.29, 1.82) is 0 Å². The molecule has 90 valence electrons. The second-order valence-electron chi connectivity index (χ2n) is 4.59. The van der Waals surface area contributed by atoms with Gasteiger partial charge >= 0.3 is 0 Å². The van der Waals surface area contributed by atoms with Crippen LogP contribution >= 0.6 is 11.6 Å². The fourth-order valence-corrected chi connectivity index (χ4v) is 2.55. The Kier molecular flexibility index (Phi) is 2.49. The summed E-state index contributed by atoms with van der Waals surface area (Å²) < 4.78 is 5.55. The van der Waals surface area contributed by atoms with E-state index in [0.29, 0.717) is 29.3 Å². The van der Waals surface area contributed by atoms with Crippen LogP contribution in [0.3, 0.4) is 0 Å². The summed E-state index contributed by atoms with van der Waals surface area (Å²) in [6, 6.07) is 3.57. The summed E-state index contributed by atoms with van der Waals surface area (Å²) in [5.41, 5.74) is 8.20. The molecule has 3 N–H and O–H groups in total. The number of fused-ring (bicyclic) bond motifs is 1. The third kappa shape index (κ3) is 1.87. The molecular formula is C12H14ClN3O. The molecule has 2 aromatic rings. The predicted molar refractivity (Wildman–Crippen MR) is 68.3 cm³/mol. The molecule has 0 aliphatic carbocycles. The highest BCUT2D eigenvalue weighted by molar-refractivity contribution is 6.31. The smallest absolute Gasteiger partial charge is 0.112 e. The maximum absolute atomic E-state index is 5.96. The zero-order chi connectivity index (χ0) is 12.0. The van der Waals surface area contributed by atoms with E-state index in [1.807, 2.05) is 6.07 Å². The molecule has 1 aromatic heterocycles. The van der Waals surface area contributed by atoms with E-state index in [4.69, 9.17) is 22.1 Å². The Hall–Kier alpha value is -1.26. The van der Waals surface area contributed by atoms with Gasteiger partial charge in [-0.3, -0.25) is 0 Å². The minimum Gasteiger partial charge on any atom is -0.397 e. The Bertz CT molecular complexity index is 566. The minimum absolute atomic E-state index is 0.300. The SMILES string of the molecule is CC1CC(c2nc3c(N)cc(Cl)cc3[nH]2)CO1. The molecule has 2 atom stereocenters. The van der Waals surface area contributed by atoms with Gasteiger partial charge in [0.05, 0.1) is 23.9 Å². The molecule has 1 aromatic carbocycles. The number of ether oxygens (including phenoxy) is 1. The Balaban J connectivity index is 2.04. The summed E-state index contributed by atoms with van der Waals surface area (Å²) in [5.74, 6) is 1.27. The predicted octanol–water partition coefficient (Wildman–Crippen LogP) is 2.69. The van der Waals surface area contributed by atoms with Crippen LogP contribution in [0.2, 0.25) is 5.02 Å². The van der Waals surface area contributed by atoms with Gasteiger partial charge in [0.2, 0.25) is 0 Å². The molecule has 2 unspecified atom stereocenters. The molecule has 0 amide bonds. The van der Waals surface area contributed by atoms with Crippen molar-refractivity contribution in [2.75, 3.05) is 12.3 Å². The van der Waals surface area contributed by atoms with Gasteiger partial charge in [0.1, 0.15) is 11.3 Å². The quantitative estimate of drug-likeness (QED) is 0.766. The highest BCUT2D eigenvalue weighted by Gasteiger charge is 2.26. The van der Waals surface area contributed by atoms with E-state index in [2.05, 4.69) is 16.9 Å². The molecule has 1 aliphatic heterocycles. The van der Waals surface area contributed by atoms with Crippen molar-refractivity contribution < 1.29 is 4.74 Å². The van der Waals surface area contributed by atoms with E-state index in [1.54, 1.807) is 6.07 Å². The second-order valence-corrected chi connectivity index (χ2v) is 5.03. The standard InChI is InChI=1S/C12H14ClN3O/c1-6-2-7(5-17-6)12-15-10-4-8(13)3-9(14)11(10)16-12/h3-4,6-7H,2,5,14H2,1H3,(H,15,16). The van der Waals surface area contributed by atoms with Gasteiger partial charge in [-0.05, 0) is 25.5 Å². The molecule has 0 saturated carbocycles. The number of nitrogens with one attached hydrogen (secondary N) is 1. The maximum atomic E-state index is 5.96. The Morgan fingerprint density at radius 3 is 3.06 bits per heavy atom. The number of rotatable bonds is 1. The van der Waals surface area contributed by atoms with E-state index in [0.717, 1.165) is 23.3 Å². The summed E-state index contributed by atoms with van der Waals surface area (Å²) >= 11 is 5.96. The van der Waals surface area contributed by atoms with E-state index < -0.39 is 0 Å². The largest absolute Gasteiger partial charge is 0.397 e. The van der Waals surface area contributed by atoms with Gasteiger partial charge in [-0.25, -0.2) is 4.98 Å². The molecule has 17 heavy (non-hydrogen) atoms. The fraction of sp³-hybridized carbons (Fsp3) is 0.417. The first-order valence-corrected chi connectivity index (χ1v) is 6.07. The van der Waals surface area contributed by atoms with Gasteiger partial charge in [-0.2, -0.15) is 0 Å². The number of hydrogen-bond acceptors (Lipinski definition) is 3. The van der Waals surface area contributed by atoms with Crippen molar-refractivity contribution in [3.8, 4) is 0 Å². The number of H-pyrrole nitrogens is 1. The van der Waals surface area contributed by atoms with Crippen LogP contribution in [0.4, 0.5) is 5.69 Å². The molecule has 0 bridgehead atoms. The number of aromatic nitrogens is 2. The average molecular weight is 252 g/mol. The number of hydrogen-bond donors (Lipinski definition) is 2. The lowest BCUT2D eigenvalue weighted by molar-refractivity contribution is 0.123. The first-order chi connectivity index (χ1) is 8.13. The first kappa shape index (κ1) is 10.9. The van der Waals surface area contributed by atoms with Crippen LogP contribution in [-0.2, 0) is 4.74 Å². The molecule has 1 fully saturated rings. The third-order valence-corrected chi connectivity index (χ3v) is 3.40. The number of nitrogen functional groups attached to an aromatic ring is 1. The van der Waals surface area contributed by atoms with Crippen molar-refractivity contribution in [1.82, 2.24) is 9.97 Å². The number of benzene rings is 1. The third-order valence-electron chi connectivity index (χ3n) is 3.18. The zero-order valence-electron chi connectivity index (χ0n) is 9.53. The van der Waals surface area contributed by atoms with E-state index in [-0.39, 0.29) is 0 Å². The van der Waals surface area contributed by atoms with E-state index in [1.165, 1.54) is 0 Å². The average Bonchev–Trinajstić information content (AvgIpc) is 2.83. The number of anilines is 1. The van der Waals surface area contributed by atoms with Crippen molar-refractivity contribution in [2.24, 2.45) is 0 Å². The maximum Gasteiger partial charge on any atom is 0.112 e. The van der Waals surface area contributed by atoms with Gasteiger partial charge in [0, 0.05) is 10.9 Å². The van der Waals surface area contributed by atoms with Crippen LogP contribution in [0.15, 0.2) is 12.1 Å². The molecule has 3 rings (SSSR count). The lowest BCUT2D eigenvalue weighted by Crippen LogP contribution is -2.00. The fourth-order valence-electron chi connectivity index (χ4n) is 2.33. The molecule has 1 aliphatic rings. The van der Waals surface area contributed by atoms with Gasteiger partial charge < -0.3 is 15.5 Å². The lowest BCUT2D eigenvalue weighted by atomic mass is 10.1. The molecule has 2 heterocycles. The minimum atomic E-state index is 0.300. The highest BCUT2D eigenvalue weighted by atomic mass is 35.5. The van der Waals surface area contributed by atoms with Crippen LogP contribution < -0.4 is 5.73 Å².